The van der Waals surface area contributed by atoms with Gasteiger partial charge in [-0.1, -0.05) is 0 Å². The van der Waals surface area contributed by atoms with Gasteiger partial charge >= 0.3 is 0 Å². The maximum Gasteiger partial charge on any atom is 0.170 e. The predicted octanol–water partition coefficient (Wildman–Crippen LogP) is 0.329. The van der Waals surface area contributed by atoms with Gasteiger partial charge in [0.15, 0.2) is 17.3 Å². The molecule has 0 bridgehead atoms. The first kappa shape index (κ1) is 6.41. The van der Waals surface area contributed by atoms with E-state index in [1.807, 2.05) is 0 Å². The molecule has 1 aliphatic heterocycles. The normalized spacial score (nSPS) is 12.9. The number of aliphatic imine (C=N–C) groups is 1. The van der Waals surface area contributed by atoms with Gasteiger partial charge in [-0.2, -0.15) is 0 Å². The molecule has 3 heterocycles. The Morgan fingerprint density at radius 1 is 0.846 bits per heavy atom. The van der Waals surface area contributed by atoms with Crippen molar-refractivity contribution in [2.75, 3.05) is 0 Å². The van der Waals surface area contributed by atoms with Crippen molar-refractivity contribution in [3.8, 4) is 0 Å². The molecule has 3 rings (SSSR count). The fourth-order valence-corrected chi connectivity index (χ4v) is 1.20. The first-order valence-electron chi connectivity index (χ1n) is 3.64. The minimum atomic E-state index is 0.579. The highest BCUT2D eigenvalue weighted by Gasteiger charge is 2.13. The second-order valence-electron chi connectivity index (χ2n) is 2.47. The van der Waals surface area contributed by atoms with E-state index in [-0.39, 0.29) is 0 Å². The van der Waals surface area contributed by atoms with Crippen molar-refractivity contribution >= 4 is 29.0 Å². The van der Waals surface area contributed by atoms with Gasteiger partial charge in [0.05, 0.1) is 0 Å². The lowest BCUT2D eigenvalue weighted by Crippen LogP contribution is -2.03. The van der Waals surface area contributed by atoms with E-state index >= 15 is 0 Å². The number of hydrogen-bond acceptors (Lipinski definition) is 5. The van der Waals surface area contributed by atoms with Crippen LogP contribution >= 0.6 is 0 Å². The van der Waals surface area contributed by atoms with E-state index in [2.05, 4.69) is 30.2 Å². The minimum absolute atomic E-state index is 0.579. The summed E-state index contributed by atoms with van der Waals surface area (Å²) < 4.78 is 0. The number of hydrogen-bond donors (Lipinski definition) is 0. The second-order valence-corrected chi connectivity index (χ2v) is 2.47. The van der Waals surface area contributed by atoms with Gasteiger partial charge in [0.1, 0.15) is 24.4 Å². The quantitative estimate of drug-likeness (QED) is 0.572. The SMILES string of the molecule is C1=Nc2ncnc3ncnc(c23)[N]1. The van der Waals surface area contributed by atoms with E-state index in [0.717, 1.165) is 0 Å². The summed E-state index contributed by atoms with van der Waals surface area (Å²) in [5.74, 6) is 1.16. The minimum Gasteiger partial charge on any atom is -0.216 e. The van der Waals surface area contributed by atoms with Gasteiger partial charge in [-0.25, -0.2) is 30.2 Å². The van der Waals surface area contributed by atoms with Crippen LogP contribution in [0.5, 0.6) is 0 Å². The molecule has 0 aliphatic carbocycles. The highest BCUT2D eigenvalue weighted by molar-refractivity contribution is 5.98. The van der Waals surface area contributed by atoms with Crippen LogP contribution in [0.15, 0.2) is 17.6 Å². The van der Waals surface area contributed by atoms with Gasteiger partial charge in [-0.15, -0.1) is 0 Å². The molecule has 0 aromatic carbocycles. The Kier molecular flexibility index (Phi) is 1.08. The zero-order valence-corrected chi connectivity index (χ0v) is 6.42. The summed E-state index contributed by atoms with van der Waals surface area (Å²) >= 11 is 0. The lowest BCUT2D eigenvalue weighted by molar-refractivity contribution is 1.07. The van der Waals surface area contributed by atoms with E-state index in [1.54, 1.807) is 0 Å². The molecule has 0 spiro atoms. The lowest BCUT2D eigenvalue weighted by atomic mass is 10.3. The molecule has 0 atom stereocenters. The molecule has 0 N–H and O–H groups in total. The van der Waals surface area contributed by atoms with Crippen molar-refractivity contribution in [2.45, 2.75) is 0 Å². The molecule has 0 unspecified atom stereocenters. The van der Waals surface area contributed by atoms with E-state index < -0.39 is 0 Å². The third kappa shape index (κ3) is 0.792. The first-order valence-corrected chi connectivity index (χ1v) is 3.64. The average molecular weight is 171 g/mol. The standard InChI is InChI=1S/C7H3N6/c1-8-5-4-6(9-1)11-3-13-7(4)12-2-10-5/h1-3H. The molecule has 2 aromatic rings. The van der Waals surface area contributed by atoms with Crippen LogP contribution in [-0.4, -0.2) is 26.3 Å². The Labute approximate surface area is 72.8 Å². The summed E-state index contributed by atoms with van der Waals surface area (Å²) in [5, 5.41) is 4.70. The fraction of sp³-hybridized carbons (Fsp3) is 0. The van der Waals surface area contributed by atoms with Crippen molar-refractivity contribution in [3.05, 3.63) is 12.7 Å². The van der Waals surface area contributed by atoms with Crippen LogP contribution in [0.4, 0.5) is 11.6 Å². The van der Waals surface area contributed by atoms with Crippen molar-refractivity contribution in [1.29, 1.82) is 0 Å². The molecular weight excluding hydrogens is 168 g/mol. The molecule has 61 valence electrons. The topological polar surface area (TPSA) is 78.0 Å². The second kappa shape index (κ2) is 2.19. The molecule has 6 nitrogen and oxygen atoms in total. The molecule has 1 aliphatic rings. The first-order chi connectivity index (χ1) is 6.45. The highest BCUT2D eigenvalue weighted by Crippen LogP contribution is 2.27. The van der Waals surface area contributed by atoms with Gasteiger partial charge in [0.25, 0.3) is 0 Å². The number of nitrogens with zero attached hydrogens (tertiary/aromatic N) is 6. The highest BCUT2D eigenvalue weighted by atomic mass is 15.1. The summed E-state index contributed by atoms with van der Waals surface area (Å²) in [6.45, 7) is 0. The van der Waals surface area contributed by atoms with Crippen LogP contribution in [0.3, 0.4) is 0 Å². The van der Waals surface area contributed by atoms with Gasteiger partial charge in [-0.3, -0.25) is 0 Å². The molecular formula is C7H3N6. The molecule has 13 heavy (non-hydrogen) atoms. The summed E-state index contributed by atoms with van der Waals surface area (Å²) in [6.07, 6.45) is 4.28. The van der Waals surface area contributed by atoms with E-state index in [4.69, 9.17) is 0 Å². The predicted molar refractivity (Wildman–Crippen MR) is 45.1 cm³/mol. The van der Waals surface area contributed by atoms with Gasteiger partial charge in [0.2, 0.25) is 0 Å². The molecule has 0 amide bonds. The van der Waals surface area contributed by atoms with Crippen LogP contribution < -0.4 is 5.32 Å². The Hall–Kier alpha value is -2.11. The summed E-state index contributed by atoms with van der Waals surface area (Å²) in [4.78, 5) is 19.9. The molecule has 2 aromatic heterocycles. The van der Waals surface area contributed by atoms with E-state index in [9.17, 15) is 0 Å². The fourth-order valence-electron chi connectivity index (χ4n) is 1.20. The Balaban J connectivity index is 2.56. The van der Waals surface area contributed by atoms with Crippen LogP contribution in [0.1, 0.15) is 0 Å². The monoisotopic (exact) mass is 171 g/mol. The van der Waals surface area contributed by atoms with Crippen LogP contribution in [0.2, 0.25) is 0 Å². The maximum absolute atomic E-state index is 3.99. The molecule has 6 heteroatoms. The zero-order valence-electron chi connectivity index (χ0n) is 6.42. The number of aromatic nitrogens is 4. The third-order valence-electron chi connectivity index (χ3n) is 1.75. The maximum atomic E-state index is 3.99. The van der Waals surface area contributed by atoms with Crippen LogP contribution in [-0.2, 0) is 0 Å². The Morgan fingerprint density at radius 3 is 2.46 bits per heavy atom. The van der Waals surface area contributed by atoms with Crippen molar-refractivity contribution in [2.24, 2.45) is 4.99 Å². The summed E-state index contributed by atoms with van der Waals surface area (Å²) in [5.41, 5.74) is 0.579. The third-order valence-corrected chi connectivity index (χ3v) is 1.75. The molecule has 0 fully saturated rings. The van der Waals surface area contributed by atoms with Gasteiger partial charge in [0, 0.05) is 0 Å². The number of rotatable bonds is 0. The van der Waals surface area contributed by atoms with Gasteiger partial charge < -0.3 is 0 Å². The van der Waals surface area contributed by atoms with Crippen LogP contribution in [0, 0.1) is 0 Å². The summed E-state index contributed by atoms with van der Waals surface area (Å²) in [7, 11) is 0. The Bertz CT molecular complexity index is 500. The molecule has 1 radical (unpaired) electrons. The Morgan fingerprint density at radius 2 is 1.62 bits per heavy atom. The zero-order chi connectivity index (χ0) is 8.67. The summed E-state index contributed by atoms with van der Waals surface area (Å²) in [6, 6.07) is 0. The largest absolute Gasteiger partial charge is 0.216 e. The van der Waals surface area contributed by atoms with Crippen LogP contribution in [0.25, 0.3) is 11.0 Å². The van der Waals surface area contributed by atoms with E-state index in [1.165, 1.54) is 19.0 Å². The molecule has 0 saturated heterocycles. The average Bonchev–Trinajstić information content (AvgIpc) is 2.19. The molecule has 0 saturated carbocycles. The van der Waals surface area contributed by atoms with E-state index in [0.29, 0.717) is 22.7 Å². The van der Waals surface area contributed by atoms with Crippen molar-refractivity contribution in [1.82, 2.24) is 25.3 Å². The van der Waals surface area contributed by atoms with Crippen molar-refractivity contribution < 1.29 is 0 Å². The lowest BCUT2D eigenvalue weighted by Gasteiger charge is -2.06. The van der Waals surface area contributed by atoms with Crippen molar-refractivity contribution in [3.63, 3.8) is 0 Å². The smallest absolute Gasteiger partial charge is 0.170 e. The van der Waals surface area contributed by atoms with Gasteiger partial charge in [-0.05, 0) is 0 Å².